The summed E-state index contributed by atoms with van der Waals surface area (Å²) >= 11 is 5.86. The second-order valence-electron chi connectivity index (χ2n) is 6.52. The molecule has 1 atom stereocenters. The topological polar surface area (TPSA) is 49.4 Å². The molecule has 0 aromatic heterocycles. The quantitative estimate of drug-likeness (QED) is 0.912. The summed E-state index contributed by atoms with van der Waals surface area (Å²) in [6.07, 6.45) is 7.08. The van der Waals surface area contributed by atoms with Crippen molar-refractivity contribution in [1.29, 1.82) is 0 Å². The molecule has 0 bridgehead atoms. The predicted octanol–water partition coefficient (Wildman–Crippen LogP) is 3.85. The number of rotatable bonds is 3. The minimum absolute atomic E-state index is 0.0889. The highest BCUT2D eigenvalue weighted by molar-refractivity contribution is 6.30. The van der Waals surface area contributed by atoms with Crippen molar-refractivity contribution in [1.82, 2.24) is 4.90 Å². The number of amides is 2. The van der Waals surface area contributed by atoms with Gasteiger partial charge in [0.05, 0.1) is 0 Å². The second-order valence-corrected chi connectivity index (χ2v) is 6.96. The lowest BCUT2D eigenvalue weighted by molar-refractivity contribution is -0.141. The third-order valence-electron chi connectivity index (χ3n) is 4.90. The molecule has 1 aliphatic heterocycles. The Morgan fingerprint density at radius 1 is 1.00 bits per heavy atom. The molecule has 2 fully saturated rings. The van der Waals surface area contributed by atoms with Crippen LogP contribution >= 0.6 is 11.6 Å². The van der Waals surface area contributed by atoms with Crippen molar-refractivity contribution in [2.24, 2.45) is 5.92 Å². The molecule has 1 heterocycles. The molecule has 0 spiro atoms. The van der Waals surface area contributed by atoms with E-state index in [0.29, 0.717) is 11.6 Å². The van der Waals surface area contributed by atoms with E-state index in [0.717, 1.165) is 44.2 Å². The molecule has 3 rings (SSSR count). The average Bonchev–Trinajstić information content (AvgIpc) is 3.07. The molecule has 1 saturated carbocycles. The summed E-state index contributed by atoms with van der Waals surface area (Å²) < 4.78 is 0. The van der Waals surface area contributed by atoms with E-state index < -0.39 is 0 Å². The van der Waals surface area contributed by atoms with Gasteiger partial charge in [-0.15, -0.1) is 0 Å². The van der Waals surface area contributed by atoms with E-state index in [9.17, 15) is 9.59 Å². The molecule has 0 unspecified atom stereocenters. The van der Waals surface area contributed by atoms with Crippen molar-refractivity contribution in [3.8, 4) is 0 Å². The Kier molecular flexibility index (Phi) is 5.21. The van der Waals surface area contributed by atoms with Crippen LogP contribution in [-0.2, 0) is 9.59 Å². The zero-order valence-electron chi connectivity index (χ0n) is 13.3. The van der Waals surface area contributed by atoms with Gasteiger partial charge >= 0.3 is 0 Å². The van der Waals surface area contributed by atoms with Crippen LogP contribution in [-0.4, -0.2) is 29.3 Å². The van der Waals surface area contributed by atoms with Crippen LogP contribution in [0.5, 0.6) is 0 Å². The van der Waals surface area contributed by atoms with E-state index in [1.165, 1.54) is 6.42 Å². The van der Waals surface area contributed by atoms with Gasteiger partial charge in [0.2, 0.25) is 11.8 Å². The Balaban J connectivity index is 1.64. The maximum atomic E-state index is 12.7. The Labute approximate surface area is 142 Å². The van der Waals surface area contributed by atoms with Crippen LogP contribution in [0.2, 0.25) is 5.02 Å². The number of hydrogen-bond donors (Lipinski definition) is 1. The largest absolute Gasteiger partial charge is 0.330 e. The summed E-state index contributed by atoms with van der Waals surface area (Å²) in [4.78, 5) is 27.1. The highest BCUT2D eigenvalue weighted by atomic mass is 35.5. The number of anilines is 1. The van der Waals surface area contributed by atoms with Crippen LogP contribution in [0.3, 0.4) is 0 Å². The number of hydrogen-bond acceptors (Lipinski definition) is 2. The van der Waals surface area contributed by atoms with E-state index in [-0.39, 0.29) is 23.8 Å². The van der Waals surface area contributed by atoms with Gasteiger partial charge in [-0.2, -0.15) is 0 Å². The first kappa shape index (κ1) is 16.3. The minimum Gasteiger partial charge on any atom is -0.330 e. The fourth-order valence-electron chi connectivity index (χ4n) is 3.65. The molecule has 1 N–H and O–H groups in total. The third kappa shape index (κ3) is 3.86. The molecular formula is C18H23ClN2O2. The van der Waals surface area contributed by atoms with Crippen LogP contribution in [0.25, 0.3) is 0 Å². The predicted molar refractivity (Wildman–Crippen MR) is 91.4 cm³/mol. The van der Waals surface area contributed by atoms with Gasteiger partial charge in [0, 0.05) is 23.2 Å². The highest BCUT2D eigenvalue weighted by Crippen LogP contribution is 2.29. The number of halogens is 1. The molecule has 1 aromatic rings. The summed E-state index contributed by atoms with van der Waals surface area (Å²) in [6, 6.07) is 6.72. The summed E-state index contributed by atoms with van der Waals surface area (Å²) in [7, 11) is 0. The zero-order chi connectivity index (χ0) is 16.2. The Morgan fingerprint density at radius 2 is 1.70 bits per heavy atom. The second kappa shape index (κ2) is 7.35. The monoisotopic (exact) mass is 334 g/mol. The zero-order valence-corrected chi connectivity index (χ0v) is 14.0. The SMILES string of the molecule is O=C(Nc1ccc(Cl)cc1)[C@@H]1CCCN1C(=O)C1CCCCC1. The molecule has 1 aliphatic carbocycles. The number of nitrogens with one attached hydrogen (secondary N) is 1. The number of nitrogens with zero attached hydrogens (tertiary/aromatic N) is 1. The van der Waals surface area contributed by atoms with Gasteiger partial charge < -0.3 is 10.2 Å². The standard InChI is InChI=1S/C18H23ClN2O2/c19-14-8-10-15(11-9-14)20-17(22)16-7-4-12-21(16)18(23)13-5-2-1-3-6-13/h8-11,13,16H,1-7,12H2,(H,20,22)/t16-/m0/s1. The molecule has 5 heteroatoms. The Bertz CT molecular complexity index is 567. The van der Waals surface area contributed by atoms with Crippen LogP contribution in [0.4, 0.5) is 5.69 Å². The van der Waals surface area contributed by atoms with Crippen LogP contribution in [0, 0.1) is 5.92 Å². The number of benzene rings is 1. The summed E-state index contributed by atoms with van der Waals surface area (Å²) in [5, 5.41) is 3.54. The molecule has 1 aromatic carbocycles. The molecule has 1 saturated heterocycles. The average molecular weight is 335 g/mol. The smallest absolute Gasteiger partial charge is 0.247 e. The van der Waals surface area contributed by atoms with Gasteiger partial charge in [0.15, 0.2) is 0 Å². The van der Waals surface area contributed by atoms with Crippen LogP contribution < -0.4 is 5.32 Å². The van der Waals surface area contributed by atoms with E-state index >= 15 is 0 Å². The van der Waals surface area contributed by atoms with E-state index in [1.54, 1.807) is 29.2 Å². The maximum Gasteiger partial charge on any atom is 0.247 e. The number of carbonyl (C=O) groups is 2. The fourth-order valence-corrected chi connectivity index (χ4v) is 3.77. The van der Waals surface area contributed by atoms with Gasteiger partial charge in [0.1, 0.15) is 6.04 Å². The molecule has 2 aliphatic rings. The first-order valence-electron chi connectivity index (χ1n) is 8.52. The van der Waals surface area contributed by atoms with Crippen molar-refractivity contribution in [2.45, 2.75) is 51.0 Å². The van der Waals surface area contributed by atoms with Crippen molar-refractivity contribution in [3.05, 3.63) is 29.3 Å². The van der Waals surface area contributed by atoms with Gasteiger partial charge in [-0.05, 0) is 49.9 Å². The lowest BCUT2D eigenvalue weighted by atomic mass is 9.88. The van der Waals surface area contributed by atoms with E-state index in [1.807, 2.05) is 0 Å². The summed E-state index contributed by atoms with van der Waals surface area (Å²) in [5.74, 6) is 0.208. The van der Waals surface area contributed by atoms with Gasteiger partial charge in [0.25, 0.3) is 0 Å². The highest BCUT2D eigenvalue weighted by Gasteiger charge is 2.37. The van der Waals surface area contributed by atoms with Gasteiger partial charge in [-0.1, -0.05) is 30.9 Å². The van der Waals surface area contributed by atoms with Crippen molar-refractivity contribution in [3.63, 3.8) is 0 Å². The normalized spacial score (nSPS) is 22.1. The number of likely N-dealkylation sites (tertiary alicyclic amines) is 1. The maximum absolute atomic E-state index is 12.7. The first-order chi connectivity index (χ1) is 11.1. The molecule has 124 valence electrons. The summed E-state index contributed by atoms with van der Waals surface area (Å²) in [6.45, 7) is 0.702. The lowest BCUT2D eigenvalue weighted by Gasteiger charge is -2.30. The molecule has 23 heavy (non-hydrogen) atoms. The first-order valence-corrected chi connectivity index (χ1v) is 8.90. The summed E-state index contributed by atoms with van der Waals surface area (Å²) in [5.41, 5.74) is 0.719. The molecule has 4 nitrogen and oxygen atoms in total. The third-order valence-corrected chi connectivity index (χ3v) is 5.16. The molecule has 0 radical (unpaired) electrons. The van der Waals surface area contributed by atoms with Gasteiger partial charge in [-0.3, -0.25) is 9.59 Å². The minimum atomic E-state index is -0.333. The Hall–Kier alpha value is -1.55. The number of carbonyl (C=O) groups excluding carboxylic acids is 2. The van der Waals surface area contributed by atoms with E-state index in [4.69, 9.17) is 11.6 Å². The van der Waals surface area contributed by atoms with Crippen molar-refractivity contribution < 1.29 is 9.59 Å². The molecule has 2 amide bonds. The van der Waals surface area contributed by atoms with Crippen molar-refractivity contribution in [2.75, 3.05) is 11.9 Å². The van der Waals surface area contributed by atoms with Crippen molar-refractivity contribution >= 4 is 29.1 Å². The van der Waals surface area contributed by atoms with E-state index in [2.05, 4.69) is 5.32 Å². The Morgan fingerprint density at radius 3 is 2.39 bits per heavy atom. The lowest BCUT2D eigenvalue weighted by Crippen LogP contribution is -2.46. The van der Waals surface area contributed by atoms with Crippen LogP contribution in [0.1, 0.15) is 44.9 Å². The van der Waals surface area contributed by atoms with Crippen LogP contribution in [0.15, 0.2) is 24.3 Å². The fraction of sp³-hybridized carbons (Fsp3) is 0.556. The molecular weight excluding hydrogens is 312 g/mol. The van der Waals surface area contributed by atoms with Gasteiger partial charge in [-0.25, -0.2) is 0 Å².